The van der Waals surface area contributed by atoms with Crippen LogP contribution in [0, 0.1) is 0 Å². The lowest BCUT2D eigenvalue weighted by atomic mass is 10.0. The van der Waals surface area contributed by atoms with E-state index in [1.165, 1.54) is 24.0 Å². The smallest absolute Gasteiger partial charge is 0.221 e. The molecule has 0 saturated carbocycles. The van der Waals surface area contributed by atoms with Crippen molar-refractivity contribution in [2.75, 3.05) is 24.5 Å². The first-order valence-corrected chi connectivity index (χ1v) is 7.63. The third-order valence-corrected chi connectivity index (χ3v) is 3.87. The molecule has 0 fully saturated rings. The van der Waals surface area contributed by atoms with Crippen LogP contribution in [0.3, 0.4) is 0 Å². The van der Waals surface area contributed by atoms with Crippen LogP contribution < -0.4 is 10.2 Å². The minimum absolute atomic E-state index is 0.0285. The van der Waals surface area contributed by atoms with Gasteiger partial charge in [-0.2, -0.15) is 0 Å². The zero-order chi connectivity index (χ0) is 15.2. The monoisotopic (exact) mass is 300 g/mol. The van der Waals surface area contributed by atoms with Crippen molar-refractivity contribution in [3.8, 4) is 0 Å². The third kappa shape index (κ3) is 3.60. The maximum atomic E-state index is 11.8. The normalized spacial score (nSPS) is 13.7. The Morgan fingerprint density at radius 3 is 3.05 bits per heavy atom. The molecule has 1 aromatic carbocycles. The van der Waals surface area contributed by atoms with Gasteiger partial charge in [0.2, 0.25) is 5.91 Å². The Balaban J connectivity index is 1.42. The summed E-state index contributed by atoms with van der Waals surface area (Å²) in [6, 6.07) is 8.51. The summed E-state index contributed by atoms with van der Waals surface area (Å²) in [7, 11) is 0. The summed E-state index contributed by atoms with van der Waals surface area (Å²) in [4.78, 5) is 14.2. The number of anilines is 1. The summed E-state index contributed by atoms with van der Waals surface area (Å²) in [6.07, 6.45) is 4.22. The number of amides is 1. The van der Waals surface area contributed by atoms with Crippen molar-refractivity contribution >= 4 is 11.6 Å². The average Bonchev–Trinajstić information content (AvgIpc) is 3.07. The standard InChI is InChI=1S/C15H20N6O/c22-15(7-10-21-12-17-18-19-21)16-8-11-20-9-3-5-13-4-1-2-6-14(13)20/h1-2,4,6,12H,3,5,7-11H2,(H,16,22). The number of rotatable bonds is 6. The predicted octanol–water partition coefficient (Wildman–Crippen LogP) is 0.632. The molecule has 0 spiro atoms. The Kier molecular flexibility index (Phi) is 4.62. The quantitative estimate of drug-likeness (QED) is 0.847. The van der Waals surface area contributed by atoms with Crippen LogP contribution in [0.1, 0.15) is 18.4 Å². The fourth-order valence-electron chi connectivity index (χ4n) is 2.76. The molecular formula is C15H20N6O. The summed E-state index contributed by atoms with van der Waals surface area (Å²) in [5.74, 6) is 0.0285. The number of aromatic nitrogens is 4. The molecular weight excluding hydrogens is 280 g/mol. The number of tetrazole rings is 1. The van der Waals surface area contributed by atoms with E-state index in [9.17, 15) is 4.79 Å². The molecule has 0 unspecified atom stereocenters. The molecule has 0 bridgehead atoms. The van der Waals surface area contributed by atoms with Gasteiger partial charge < -0.3 is 10.2 Å². The van der Waals surface area contributed by atoms with E-state index in [1.54, 1.807) is 4.68 Å². The first-order valence-electron chi connectivity index (χ1n) is 7.63. The summed E-state index contributed by atoms with van der Waals surface area (Å²) in [5.41, 5.74) is 2.70. The minimum atomic E-state index is 0.0285. The Hall–Kier alpha value is -2.44. The van der Waals surface area contributed by atoms with Gasteiger partial charge in [0.05, 0.1) is 6.54 Å². The summed E-state index contributed by atoms with van der Waals surface area (Å²) < 4.78 is 1.56. The molecule has 1 amide bonds. The van der Waals surface area contributed by atoms with Crippen molar-refractivity contribution in [2.24, 2.45) is 0 Å². The number of fused-ring (bicyclic) bond motifs is 1. The molecule has 3 rings (SSSR count). The first-order chi connectivity index (χ1) is 10.8. The van der Waals surface area contributed by atoms with Crippen LogP contribution in [-0.2, 0) is 17.8 Å². The molecule has 1 aliphatic heterocycles. The average molecular weight is 300 g/mol. The van der Waals surface area contributed by atoms with E-state index in [2.05, 4.69) is 50.0 Å². The van der Waals surface area contributed by atoms with Crippen molar-refractivity contribution in [1.82, 2.24) is 25.5 Å². The Morgan fingerprint density at radius 1 is 1.27 bits per heavy atom. The van der Waals surface area contributed by atoms with Crippen LogP contribution >= 0.6 is 0 Å². The zero-order valence-corrected chi connectivity index (χ0v) is 12.5. The van der Waals surface area contributed by atoms with Crippen LogP contribution in [-0.4, -0.2) is 45.7 Å². The largest absolute Gasteiger partial charge is 0.370 e. The molecule has 2 heterocycles. The van der Waals surface area contributed by atoms with E-state index in [1.807, 2.05) is 0 Å². The predicted molar refractivity (Wildman–Crippen MR) is 82.4 cm³/mol. The van der Waals surface area contributed by atoms with Crippen LogP contribution in [0.2, 0.25) is 0 Å². The number of nitrogens with zero attached hydrogens (tertiary/aromatic N) is 5. The maximum Gasteiger partial charge on any atom is 0.221 e. The topological polar surface area (TPSA) is 75.9 Å². The molecule has 22 heavy (non-hydrogen) atoms. The van der Waals surface area contributed by atoms with Gasteiger partial charge in [-0.15, -0.1) is 5.10 Å². The second-order valence-electron chi connectivity index (χ2n) is 5.39. The molecule has 7 nitrogen and oxygen atoms in total. The number of nitrogens with one attached hydrogen (secondary N) is 1. The third-order valence-electron chi connectivity index (χ3n) is 3.87. The molecule has 0 radical (unpaired) electrons. The van der Waals surface area contributed by atoms with E-state index in [0.29, 0.717) is 19.5 Å². The molecule has 1 N–H and O–H groups in total. The molecule has 1 aromatic heterocycles. The van der Waals surface area contributed by atoms with Gasteiger partial charge in [0.1, 0.15) is 6.33 Å². The van der Waals surface area contributed by atoms with Crippen LogP contribution in [0.5, 0.6) is 0 Å². The lowest BCUT2D eigenvalue weighted by molar-refractivity contribution is -0.121. The number of hydrogen-bond donors (Lipinski definition) is 1. The van der Waals surface area contributed by atoms with Crippen LogP contribution in [0.4, 0.5) is 5.69 Å². The van der Waals surface area contributed by atoms with Crippen molar-refractivity contribution in [1.29, 1.82) is 0 Å². The molecule has 0 atom stereocenters. The van der Waals surface area contributed by atoms with E-state index in [-0.39, 0.29) is 5.91 Å². The lowest BCUT2D eigenvalue weighted by Gasteiger charge is -2.31. The second-order valence-corrected chi connectivity index (χ2v) is 5.39. The highest BCUT2D eigenvalue weighted by Gasteiger charge is 2.15. The van der Waals surface area contributed by atoms with Crippen molar-refractivity contribution in [2.45, 2.75) is 25.8 Å². The molecule has 116 valence electrons. The van der Waals surface area contributed by atoms with Gasteiger partial charge in [0, 0.05) is 31.7 Å². The van der Waals surface area contributed by atoms with E-state index in [4.69, 9.17) is 0 Å². The van der Waals surface area contributed by atoms with Crippen LogP contribution in [0.25, 0.3) is 0 Å². The highest BCUT2D eigenvalue weighted by molar-refractivity contribution is 5.75. The van der Waals surface area contributed by atoms with Crippen molar-refractivity contribution in [3.63, 3.8) is 0 Å². The number of carbonyl (C=O) groups is 1. The number of hydrogen-bond acceptors (Lipinski definition) is 5. The molecule has 7 heteroatoms. The van der Waals surface area contributed by atoms with Crippen LogP contribution in [0.15, 0.2) is 30.6 Å². The van der Waals surface area contributed by atoms with Gasteiger partial charge >= 0.3 is 0 Å². The fourth-order valence-corrected chi connectivity index (χ4v) is 2.76. The molecule has 0 aliphatic carbocycles. The number of aryl methyl sites for hydroxylation is 2. The Morgan fingerprint density at radius 2 is 2.18 bits per heavy atom. The van der Waals surface area contributed by atoms with Gasteiger partial charge in [0.25, 0.3) is 0 Å². The van der Waals surface area contributed by atoms with Gasteiger partial charge in [0.15, 0.2) is 0 Å². The molecule has 0 saturated heterocycles. The highest BCUT2D eigenvalue weighted by Crippen LogP contribution is 2.25. The van der Waals surface area contributed by atoms with Gasteiger partial charge in [-0.05, 0) is 34.9 Å². The van der Waals surface area contributed by atoms with E-state index >= 15 is 0 Å². The van der Waals surface area contributed by atoms with Gasteiger partial charge in [-0.3, -0.25) is 4.79 Å². The van der Waals surface area contributed by atoms with Crippen molar-refractivity contribution < 1.29 is 4.79 Å². The Labute approximate surface area is 129 Å². The van der Waals surface area contributed by atoms with E-state index < -0.39 is 0 Å². The zero-order valence-electron chi connectivity index (χ0n) is 12.5. The first kappa shape index (κ1) is 14.5. The number of carbonyl (C=O) groups excluding carboxylic acids is 1. The summed E-state index contributed by atoms with van der Waals surface area (Å²) in [5, 5.41) is 13.8. The maximum absolute atomic E-state index is 11.8. The lowest BCUT2D eigenvalue weighted by Crippen LogP contribution is -2.37. The molecule has 2 aromatic rings. The summed E-state index contributed by atoms with van der Waals surface area (Å²) >= 11 is 0. The Bertz CT molecular complexity index is 612. The minimum Gasteiger partial charge on any atom is -0.370 e. The number of benzene rings is 1. The highest BCUT2D eigenvalue weighted by atomic mass is 16.1. The second kappa shape index (κ2) is 7.02. The molecule has 1 aliphatic rings. The summed E-state index contributed by atoms with van der Waals surface area (Å²) in [6.45, 7) is 3.05. The fraction of sp³-hybridized carbons (Fsp3) is 0.467. The van der Waals surface area contributed by atoms with E-state index in [0.717, 1.165) is 19.5 Å². The van der Waals surface area contributed by atoms with Gasteiger partial charge in [-0.25, -0.2) is 4.68 Å². The number of para-hydroxylation sites is 1. The van der Waals surface area contributed by atoms with Crippen molar-refractivity contribution in [3.05, 3.63) is 36.2 Å². The van der Waals surface area contributed by atoms with Gasteiger partial charge in [-0.1, -0.05) is 18.2 Å². The SMILES string of the molecule is O=C(CCn1cnnn1)NCCN1CCCc2ccccc21.